The molecule has 104 valence electrons. The number of carboxylic acid groups (broad SMARTS) is 1. The highest BCUT2D eigenvalue weighted by molar-refractivity contribution is 5.93. The highest BCUT2D eigenvalue weighted by Crippen LogP contribution is 2.26. The van der Waals surface area contributed by atoms with Crippen molar-refractivity contribution in [2.45, 2.75) is 45.6 Å². The fourth-order valence-corrected chi connectivity index (χ4v) is 2.54. The fraction of sp³-hybridized carbons (Fsp3) is 0.571. The molecule has 19 heavy (non-hydrogen) atoms. The molecule has 2 atom stereocenters. The Kier molecular flexibility index (Phi) is 3.93. The maximum Gasteiger partial charge on any atom is 0.306 e. The number of amides is 1. The van der Waals surface area contributed by atoms with Crippen LogP contribution in [0.4, 0.5) is 0 Å². The van der Waals surface area contributed by atoms with E-state index >= 15 is 0 Å². The molecule has 1 amide bonds. The van der Waals surface area contributed by atoms with Crippen LogP contribution < -0.4 is 5.32 Å². The van der Waals surface area contributed by atoms with E-state index < -0.39 is 5.97 Å². The predicted octanol–water partition coefficient (Wildman–Crippen LogP) is 2.13. The van der Waals surface area contributed by atoms with Crippen molar-refractivity contribution in [3.63, 3.8) is 0 Å². The first-order valence-corrected chi connectivity index (χ1v) is 6.64. The van der Waals surface area contributed by atoms with Crippen LogP contribution >= 0.6 is 0 Å². The third-order valence-corrected chi connectivity index (χ3v) is 3.64. The number of hydrogen-bond donors (Lipinski definition) is 2. The van der Waals surface area contributed by atoms with Gasteiger partial charge in [0.15, 0.2) is 5.76 Å². The van der Waals surface area contributed by atoms with Gasteiger partial charge in [0, 0.05) is 18.0 Å². The van der Waals surface area contributed by atoms with Gasteiger partial charge in [0.2, 0.25) is 0 Å². The van der Waals surface area contributed by atoms with Crippen molar-refractivity contribution in [3.05, 3.63) is 23.2 Å². The van der Waals surface area contributed by atoms with E-state index in [0.29, 0.717) is 25.0 Å². The van der Waals surface area contributed by atoms with E-state index in [2.05, 4.69) is 5.32 Å². The van der Waals surface area contributed by atoms with Gasteiger partial charge in [-0.25, -0.2) is 0 Å². The Morgan fingerprint density at radius 2 is 2.21 bits per heavy atom. The van der Waals surface area contributed by atoms with E-state index in [9.17, 15) is 9.59 Å². The quantitative estimate of drug-likeness (QED) is 0.874. The Balaban J connectivity index is 1.98. The molecule has 5 heteroatoms. The second kappa shape index (κ2) is 5.47. The number of nitrogens with one attached hydrogen (secondary N) is 1. The van der Waals surface area contributed by atoms with Crippen LogP contribution in [-0.4, -0.2) is 23.0 Å². The first-order valence-electron chi connectivity index (χ1n) is 6.64. The number of aryl methyl sites for hydroxylation is 2. The fourth-order valence-electron chi connectivity index (χ4n) is 2.54. The second-order valence-electron chi connectivity index (χ2n) is 5.10. The number of rotatable bonds is 4. The van der Waals surface area contributed by atoms with Crippen LogP contribution in [0.5, 0.6) is 0 Å². The summed E-state index contributed by atoms with van der Waals surface area (Å²) in [5.41, 5.74) is 0.821. The summed E-state index contributed by atoms with van der Waals surface area (Å²) in [6.45, 7) is 3.81. The molecule has 1 heterocycles. The van der Waals surface area contributed by atoms with Gasteiger partial charge in [0.05, 0.1) is 5.92 Å². The predicted molar refractivity (Wildman–Crippen MR) is 69.1 cm³/mol. The summed E-state index contributed by atoms with van der Waals surface area (Å²) in [5, 5.41) is 11.8. The summed E-state index contributed by atoms with van der Waals surface area (Å²) in [6, 6.07) is 1.80. The molecule has 1 fully saturated rings. The molecule has 1 aromatic heterocycles. The molecule has 0 unspecified atom stereocenters. The van der Waals surface area contributed by atoms with Crippen molar-refractivity contribution in [1.82, 2.24) is 5.32 Å². The van der Waals surface area contributed by atoms with Crippen molar-refractivity contribution in [3.8, 4) is 0 Å². The molecule has 0 spiro atoms. The number of carbonyl (C=O) groups is 2. The molecule has 2 N–H and O–H groups in total. The highest BCUT2D eigenvalue weighted by Gasteiger charge is 2.31. The zero-order chi connectivity index (χ0) is 14.0. The molecule has 1 aliphatic carbocycles. The zero-order valence-electron chi connectivity index (χ0n) is 11.2. The van der Waals surface area contributed by atoms with Gasteiger partial charge in [-0.05, 0) is 32.3 Å². The molecule has 0 aliphatic heterocycles. The SMILES string of the molecule is CCc1cc(C)c(C(=O)N[C@H]2CC[C@@H](C(=O)O)C2)o1. The lowest BCUT2D eigenvalue weighted by Gasteiger charge is -2.11. The topological polar surface area (TPSA) is 79.5 Å². The van der Waals surface area contributed by atoms with E-state index in [0.717, 1.165) is 17.7 Å². The van der Waals surface area contributed by atoms with Crippen LogP contribution in [0.3, 0.4) is 0 Å². The van der Waals surface area contributed by atoms with Gasteiger partial charge in [0.1, 0.15) is 5.76 Å². The second-order valence-corrected chi connectivity index (χ2v) is 5.10. The zero-order valence-corrected chi connectivity index (χ0v) is 11.2. The van der Waals surface area contributed by atoms with Crippen molar-refractivity contribution < 1.29 is 19.1 Å². The lowest BCUT2D eigenvalue weighted by atomic mass is 10.1. The van der Waals surface area contributed by atoms with Crippen LogP contribution in [0.25, 0.3) is 0 Å². The third kappa shape index (κ3) is 2.97. The molecule has 0 saturated heterocycles. The molecule has 0 bridgehead atoms. The first kappa shape index (κ1) is 13.6. The summed E-state index contributed by atoms with van der Waals surface area (Å²) >= 11 is 0. The van der Waals surface area contributed by atoms with Crippen LogP contribution in [-0.2, 0) is 11.2 Å². The molecular formula is C14H19NO4. The Morgan fingerprint density at radius 1 is 1.47 bits per heavy atom. The number of hydrogen-bond acceptors (Lipinski definition) is 3. The van der Waals surface area contributed by atoms with E-state index in [1.54, 1.807) is 0 Å². The largest absolute Gasteiger partial charge is 0.481 e. The van der Waals surface area contributed by atoms with Crippen molar-refractivity contribution in [1.29, 1.82) is 0 Å². The lowest BCUT2D eigenvalue weighted by molar-refractivity contribution is -0.141. The van der Waals surface area contributed by atoms with Gasteiger partial charge in [-0.3, -0.25) is 9.59 Å². The van der Waals surface area contributed by atoms with E-state index in [1.165, 1.54) is 0 Å². The summed E-state index contributed by atoms with van der Waals surface area (Å²) in [4.78, 5) is 22.9. The van der Waals surface area contributed by atoms with Gasteiger partial charge in [0.25, 0.3) is 5.91 Å². The molecule has 0 aromatic carbocycles. The molecule has 5 nitrogen and oxygen atoms in total. The van der Waals surface area contributed by atoms with Gasteiger partial charge in [-0.15, -0.1) is 0 Å². The van der Waals surface area contributed by atoms with Crippen molar-refractivity contribution in [2.24, 2.45) is 5.92 Å². The van der Waals surface area contributed by atoms with Crippen LogP contribution in [0.15, 0.2) is 10.5 Å². The summed E-state index contributed by atoms with van der Waals surface area (Å²) < 4.78 is 5.48. The van der Waals surface area contributed by atoms with Crippen molar-refractivity contribution in [2.75, 3.05) is 0 Å². The lowest BCUT2D eigenvalue weighted by Crippen LogP contribution is -2.33. The van der Waals surface area contributed by atoms with Crippen molar-refractivity contribution >= 4 is 11.9 Å². The third-order valence-electron chi connectivity index (χ3n) is 3.64. The number of carbonyl (C=O) groups excluding carboxylic acids is 1. The molecule has 0 radical (unpaired) electrons. The smallest absolute Gasteiger partial charge is 0.306 e. The monoisotopic (exact) mass is 265 g/mol. The minimum Gasteiger partial charge on any atom is -0.481 e. The first-order chi connectivity index (χ1) is 9.01. The molecule has 2 rings (SSSR count). The number of carboxylic acids is 1. The number of aliphatic carboxylic acids is 1. The minimum atomic E-state index is -0.779. The minimum absolute atomic E-state index is 0.0665. The molecular weight excluding hydrogens is 246 g/mol. The average molecular weight is 265 g/mol. The summed E-state index contributed by atoms with van der Waals surface area (Å²) in [6.07, 6.45) is 2.58. The highest BCUT2D eigenvalue weighted by atomic mass is 16.4. The van der Waals surface area contributed by atoms with Gasteiger partial charge >= 0.3 is 5.97 Å². The maximum atomic E-state index is 12.1. The average Bonchev–Trinajstić information content (AvgIpc) is 2.95. The Labute approximate surface area is 112 Å². The van der Waals surface area contributed by atoms with Gasteiger partial charge in [-0.1, -0.05) is 6.92 Å². The summed E-state index contributed by atoms with van der Waals surface area (Å²) in [7, 11) is 0. The molecule has 1 aliphatic rings. The van der Waals surface area contributed by atoms with Crippen LogP contribution in [0.2, 0.25) is 0 Å². The van der Waals surface area contributed by atoms with E-state index in [4.69, 9.17) is 9.52 Å². The number of furan rings is 1. The van der Waals surface area contributed by atoms with E-state index in [1.807, 2.05) is 19.9 Å². The van der Waals surface area contributed by atoms with Crippen LogP contribution in [0.1, 0.15) is 48.1 Å². The van der Waals surface area contributed by atoms with Crippen LogP contribution in [0, 0.1) is 12.8 Å². The normalized spacial score (nSPS) is 22.4. The van der Waals surface area contributed by atoms with E-state index in [-0.39, 0.29) is 17.9 Å². The Bertz CT molecular complexity index is 492. The maximum absolute atomic E-state index is 12.1. The Hall–Kier alpha value is -1.78. The standard InChI is InChI=1S/C14H19NO4/c1-3-11-6-8(2)12(19-11)13(16)15-10-5-4-9(7-10)14(17)18/h6,9-10H,3-5,7H2,1-2H3,(H,15,16)(H,17,18)/t9-,10+/m1/s1. The van der Waals surface area contributed by atoms with Gasteiger partial charge in [-0.2, -0.15) is 0 Å². The van der Waals surface area contributed by atoms with Gasteiger partial charge < -0.3 is 14.8 Å². The molecule has 1 saturated carbocycles. The molecule has 1 aromatic rings. The summed E-state index contributed by atoms with van der Waals surface area (Å²) in [5.74, 6) is -0.227. The Morgan fingerprint density at radius 3 is 2.74 bits per heavy atom.